The highest BCUT2D eigenvalue weighted by Crippen LogP contribution is 2.25. The molecule has 162 valence electrons. The number of anilines is 1. The van der Waals surface area contributed by atoms with Gasteiger partial charge >= 0.3 is 0 Å². The molecule has 0 aliphatic carbocycles. The van der Waals surface area contributed by atoms with E-state index in [0.29, 0.717) is 39.4 Å². The molecule has 0 spiro atoms. The Kier molecular flexibility index (Phi) is 7.95. The second-order valence-corrected chi connectivity index (χ2v) is 8.56. The number of carbonyl (C=O) groups is 2. The van der Waals surface area contributed by atoms with Crippen LogP contribution in [-0.2, 0) is 18.3 Å². The zero-order chi connectivity index (χ0) is 22.4. The van der Waals surface area contributed by atoms with Gasteiger partial charge in [0.15, 0.2) is 5.16 Å². The molecule has 0 unspecified atom stereocenters. The summed E-state index contributed by atoms with van der Waals surface area (Å²) in [4.78, 5) is 24.4. The summed E-state index contributed by atoms with van der Waals surface area (Å²) in [7, 11) is 1.83. The van der Waals surface area contributed by atoms with Crippen LogP contribution in [0.1, 0.15) is 21.7 Å². The van der Waals surface area contributed by atoms with Gasteiger partial charge < -0.3 is 15.2 Å². The molecule has 2 amide bonds. The quantitative estimate of drug-likeness (QED) is 0.476. The van der Waals surface area contributed by atoms with Crippen molar-refractivity contribution in [1.82, 2.24) is 20.1 Å². The molecule has 0 atom stereocenters. The second-order valence-electron chi connectivity index (χ2n) is 6.80. The van der Waals surface area contributed by atoms with Crippen molar-refractivity contribution in [3.05, 3.63) is 69.5 Å². The van der Waals surface area contributed by atoms with Crippen LogP contribution in [0.2, 0.25) is 10.0 Å². The molecule has 0 fully saturated rings. The molecular formula is C21H21Cl2N5O2S. The number of hydrogen-bond acceptors (Lipinski definition) is 5. The van der Waals surface area contributed by atoms with E-state index in [9.17, 15) is 9.59 Å². The van der Waals surface area contributed by atoms with Crippen LogP contribution in [-0.4, -0.2) is 38.9 Å². The molecular weight excluding hydrogens is 457 g/mol. The van der Waals surface area contributed by atoms with E-state index in [0.717, 1.165) is 11.4 Å². The van der Waals surface area contributed by atoms with Gasteiger partial charge in [0, 0.05) is 31.3 Å². The van der Waals surface area contributed by atoms with E-state index in [4.69, 9.17) is 23.2 Å². The van der Waals surface area contributed by atoms with Crippen LogP contribution in [0.3, 0.4) is 0 Å². The van der Waals surface area contributed by atoms with Crippen LogP contribution in [0.5, 0.6) is 0 Å². The topological polar surface area (TPSA) is 88.9 Å². The van der Waals surface area contributed by atoms with Crippen LogP contribution >= 0.6 is 35.0 Å². The van der Waals surface area contributed by atoms with Crippen molar-refractivity contribution in [2.75, 3.05) is 17.6 Å². The average molecular weight is 478 g/mol. The second kappa shape index (κ2) is 10.7. The minimum Gasteiger partial charge on any atom is -0.352 e. The number of benzene rings is 2. The van der Waals surface area contributed by atoms with Gasteiger partial charge in [-0.25, -0.2) is 0 Å². The predicted octanol–water partition coefficient (Wildman–Crippen LogP) is 4.13. The minimum absolute atomic E-state index is 0.126. The molecule has 0 bridgehead atoms. The van der Waals surface area contributed by atoms with E-state index < -0.39 is 0 Å². The summed E-state index contributed by atoms with van der Waals surface area (Å²) < 4.78 is 1.82. The fraction of sp³-hybridized carbons (Fsp3) is 0.238. The number of aromatic nitrogens is 3. The lowest BCUT2D eigenvalue weighted by Crippen LogP contribution is -2.26. The van der Waals surface area contributed by atoms with Gasteiger partial charge in [0.25, 0.3) is 5.91 Å². The Morgan fingerprint density at radius 3 is 2.65 bits per heavy atom. The van der Waals surface area contributed by atoms with E-state index in [2.05, 4.69) is 20.8 Å². The Bertz CT molecular complexity index is 1100. The third-order valence-corrected chi connectivity index (χ3v) is 6.13. The maximum Gasteiger partial charge on any atom is 0.251 e. The van der Waals surface area contributed by atoms with Gasteiger partial charge in [-0.05, 0) is 37.3 Å². The van der Waals surface area contributed by atoms with Crippen LogP contribution in [0.15, 0.2) is 47.6 Å². The Balaban J connectivity index is 1.47. The number of aryl methyl sites for hydroxylation is 1. The summed E-state index contributed by atoms with van der Waals surface area (Å²) in [6.45, 7) is 2.38. The molecule has 0 saturated heterocycles. The Labute approximate surface area is 194 Å². The first-order valence-electron chi connectivity index (χ1n) is 9.44. The van der Waals surface area contributed by atoms with E-state index >= 15 is 0 Å². The van der Waals surface area contributed by atoms with Crippen LogP contribution < -0.4 is 10.6 Å². The van der Waals surface area contributed by atoms with Crippen LogP contribution in [0.25, 0.3) is 0 Å². The Morgan fingerprint density at radius 2 is 1.90 bits per heavy atom. The zero-order valence-corrected chi connectivity index (χ0v) is 19.3. The monoisotopic (exact) mass is 477 g/mol. The summed E-state index contributed by atoms with van der Waals surface area (Å²) in [6, 6.07) is 12.3. The number of halogens is 2. The maximum atomic E-state index is 12.2. The van der Waals surface area contributed by atoms with Crippen molar-refractivity contribution in [3.63, 3.8) is 0 Å². The number of carbonyl (C=O) groups excluding carboxylic acids is 2. The van der Waals surface area contributed by atoms with Crippen molar-refractivity contribution in [2.24, 2.45) is 7.05 Å². The fourth-order valence-electron chi connectivity index (χ4n) is 2.77. The molecule has 3 rings (SSSR count). The van der Waals surface area contributed by atoms with Gasteiger partial charge in [0.05, 0.1) is 15.8 Å². The summed E-state index contributed by atoms with van der Waals surface area (Å²) in [5.41, 5.74) is 2.23. The molecule has 1 heterocycles. The van der Waals surface area contributed by atoms with E-state index in [1.807, 2.05) is 36.7 Å². The first kappa shape index (κ1) is 23.1. The Morgan fingerprint density at radius 1 is 1.10 bits per heavy atom. The molecule has 7 nitrogen and oxygen atoms in total. The first-order valence-corrected chi connectivity index (χ1v) is 11.2. The normalized spacial score (nSPS) is 10.7. The van der Waals surface area contributed by atoms with E-state index in [1.54, 1.807) is 24.3 Å². The minimum atomic E-state index is -0.196. The largest absolute Gasteiger partial charge is 0.352 e. The SMILES string of the molecule is Cc1cccc(C(=O)NCCc2nnc(SCC(=O)Nc3ccc(Cl)c(Cl)c3)n2C)c1. The highest BCUT2D eigenvalue weighted by molar-refractivity contribution is 7.99. The van der Waals surface area contributed by atoms with Crippen LogP contribution in [0, 0.1) is 6.92 Å². The number of nitrogens with one attached hydrogen (secondary N) is 2. The molecule has 2 N–H and O–H groups in total. The van der Waals surface area contributed by atoms with Gasteiger partial charge in [0.1, 0.15) is 5.82 Å². The smallest absolute Gasteiger partial charge is 0.251 e. The lowest BCUT2D eigenvalue weighted by Gasteiger charge is -2.07. The first-order chi connectivity index (χ1) is 14.8. The molecule has 0 aliphatic rings. The van der Waals surface area contributed by atoms with Crippen molar-refractivity contribution < 1.29 is 9.59 Å². The third-order valence-electron chi connectivity index (χ3n) is 4.38. The summed E-state index contributed by atoms with van der Waals surface area (Å²) in [5.74, 6) is 0.561. The van der Waals surface area contributed by atoms with E-state index in [-0.39, 0.29) is 17.6 Å². The number of thioether (sulfide) groups is 1. The van der Waals surface area contributed by atoms with Gasteiger partial charge in [-0.3, -0.25) is 9.59 Å². The molecule has 2 aromatic carbocycles. The Hall–Kier alpha value is -2.55. The fourth-order valence-corrected chi connectivity index (χ4v) is 3.79. The standard InChI is InChI=1S/C21H21Cl2N5O2S/c1-13-4-3-5-14(10-13)20(30)24-9-8-18-26-27-21(28(18)2)31-12-19(29)25-15-6-7-16(22)17(23)11-15/h3-7,10-11H,8-9,12H2,1-2H3,(H,24,30)(H,25,29). The zero-order valence-electron chi connectivity index (χ0n) is 17.0. The summed E-state index contributed by atoms with van der Waals surface area (Å²) in [5, 5.41) is 15.4. The number of hydrogen-bond donors (Lipinski definition) is 2. The van der Waals surface area contributed by atoms with Gasteiger partial charge in [-0.15, -0.1) is 10.2 Å². The molecule has 0 radical (unpaired) electrons. The lowest BCUT2D eigenvalue weighted by atomic mass is 10.1. The number of rotatable bonds is 8. The molecule has 0 aliphatic heterocycles. The van der Waals surface area contributed by atoms with Gasteiger partial charge in [-0.1, -0.05) is 52.7 Å². The highest BCUT2D eigenvalue weighted by atomic mass is 35.5. The number of amides is 2. The predicted molar refractivity (Wildman–Crippen MR) is 124 cm³/mol. The third kappa shape index (κ3) is 6.46. The number of nitrogens with zero attached hydrogens (tertiary/aromatic N) is 3. The van der Waals surface area contributed by atoms with E-state index in [1.165, 1.54) is 11.8 Å². The van der Waals surface area contributed by atoms with Crippen molar-refractivity contribution >= 4 is 52.5 Å². The molecule has 3 aromatic rings. The van der Waals surface area contributed by atoms with Gasteiger partial charge in [-0.2, -0.15) is 0 Å². The van der Waals surface area contributed by atoms with Crippen LogP contribution in [0.4, 0.5) is 5.69 Å². The summed E-state index contributed by atoms with van der Waals surface area (Å²) in [6.07, 6.45) is 0.525. The average Bonchev–Trinajstić information content (AvgIpc) is 3.09. The molecule has 1 aromatic heterocycles. The van der Waals surface area contributed by atoms with Gasteiger partial charge in [0.2, 0.25) is 5.91 Å². The van der Waals surface area contributed by atoms with Crippen molar-refractivity contribution in [2.45, 2.75) is 18.5 Å². The summed E-state index contributed by atoms with van der Waals surface area (Å²) >= 11 is 13.1. The maximum absolute atomic E-state index is 12.2. The highest BCUT2D eigenvalue weighted by Gasteiger charge is 2.13. The lowest BCUT2D eigenvalue weighted by molar-refractivity contribution is -0.113. The molecule has 10 heteroatoms. The van der Waals surface area contributed by atoms with Crippen molar-refractivity contribution in [3.8, 4) is 0 Å². The molecule has 31 heavy (non-hydrogen) atoms. The van der Waals surface area contributed by atoms with Crippen molar-refractivity contribution in [1.29, 1.82) is 0 Å². The molecule has 0 saturated carbocycles.